The number of halogens is 3. The van der Waals surface area contributed by atoms with Crippen molar-refractivity contribution >= 4 is 6.09 Å². The molecule has 128 valence electrons. The van der Waals surface area contributed by atoms with E-state index in [1.165, 1.54) is 13.8 Å². The summed E-state index contributed by atoms with van der Waals surface area (Å²) < 4.78 is 51.8. The van der Waals surface area contributed by atoms with Gasteiger partial charge >= 0.3 is 12.3 Å². The molecule has 1 fully saturated rings. The SMILES string of the molecule is CC(C)[C@@]1(F)N(C(=O)OCc2ccccc2)C(F)(F)O[C@]1(C)O. The molecule has 2 atom stereocenters. The van der Waals surface area contributed by atoms with Crippen LogP contribution in [-0.2, 0) is 16.1 Å². The molecule has 1 amide bonds. The number of amides is 1. The van der Waals surface area contributed by atoms with Crippen LogP contribution in [0.4, 0.5) is 18.0 Å². The zero-order valence-electron chi connectivity index (χ0n) is 12.9. The van der Waals surface area contributed by atoms with Crippen molar-refractivity contribution < 1.29 is 32.5 Å². The second-order valence-electron chi connectivity index (χ2n) is 5.77. The first-order chi connectivity index (χ1) is 10.5. The Morgan fingerprint density at radius 1 is 1.30 bits per heavy atom. The molecule has 8 heteroatoms. The minimum Gasteiger partial charge on any atom is -0.444 e. The summed E-state index contributed by atoms with van der Waals surface area (Å²) in [4.78, 5) is 11.6. The van der Waals surface area contributed by atoms with Crippen LogP contribution in [-0.4, -0.2) is 33.9 Å². The summed E-state index contributed by atoms with van der Waals surface area (Å²) in [7, 11) is 0. The predicted molar refractivity (Wildman–Crippen MR) is 73.8 cm³/mol. The molecule has 1 heterocycles. The molecule has 0 unspecified atom stereocenters. The quantitative estimate of drug-likeness (QED) is 0.863. The van der Waals surface area contributed by atoms with Gasteiger partial charge in [-0.2, -0.15) is 13.7 Å². The average Bonchev–Trinajstić information content (AvgIpc) is 2.59. The van der Waals surface area contributed by atoms with E-state index in [1.807, 2.05) is 0 Å². The molecule has 0 aliphatic carbocycles. The summed E-state index contributed by atoms with van der Waals surface area (Å²) >= 11 is 0. The lowest BCUT2D eigenvalue weighted by molar-refractivity contribution is -0.333. The lowest BCUT2D eigenvalue weighted by atomic mass is 9.93. The van der Waals surface area contributed by atoms with Crippen LogP contribution in [0.1, 0.15) is 26.3 Å². The third-order valence-electron chi connectivity index (χ3n) is 3.71. The molecule has 5 nitrogen and oxygen atoms in total. The molecule has 0 radical (unpaired) electrons. The topological polar surface area (TPSA) is 59.0 Å². The number of nitrogens with zero attached hydrogens (tertiary/aromatic N) is 1. The van der Waals surface area contributed by atoms with Gasteiger partial charge < -0.3 is 9.84 Å². The maximum absolute atomic E-state index is 15.1. The standard InChI is InChI=1S/C15H18F3NO4/c1-10(2)14(16)13(3,21)23-15(17,18)19(14)12(20)22-9-11-7-5-4-6-8-11/h4-8,10,21H,9H2,1-3H3/t13-,14+/m0/s1. The third-order valence-corrected chi connectivity index (χ3v) is 3.71. The molecule has 23 heavy (non-hydrogen) atoms. The first kappa shape index (κ1) is 17.6. The van der Waals surface area contributed by atoms with Crippen LogP contribution in [0.25, 0.3) is 0 Å². The van der Waals surface area contributed by atoms with Gasteiger partial charge in [-0.3, -0.25) is 4.74 Å². The Kier molecular flexibility index (Phi) is 4.34. The fraction of sp³-hybridized carbons (Fsp3) is 0.533. The normalized spacial score (nSPS) is 29.8. The van der Waals surface area contributed by atoms with Crippen LogP contribution in [0.3, 0.4) is 0 Å². The molecule has 1 aliphatic rings. The Morgan fingerprint density at radius 3 is 2.39 bits per heavy atom. The molecule has 1 saturated heterocycles. The molecular weight excluding hydrogens is 315 g/mol. The van der Waals surface area contributed by atoms with Crippen molar-refractivity contribution in [2.24, 2.45) is 5.92 Å². The molecule has 0 aromatic heterocycles. The van der Waals surface area contributed by atoms with Crippen LogP contribution in [0.15, 0.2) is 30.3 Å². The Bertz CT molecular complexity index is 579. The fourth-order valence-electron chi connectivity index (χ4n) is 2.57. The number of alkyl halides is 3. The van der Waals surface area contributed by atoms with Crippen LogP contribution in [0.2, 0.25) is 0 Å². The predicted octanol–water partition coefficient (Wildman–Crippen LogP) is 3.24. The van der Waals surface area contributed by atoms with Crippen LogP contribution >= 0.6 is 0 Å². The van der Waals surface area contributed by atoms with E-state index in [-0.39, 0.29) is 6.61 Å². The van der Waals surface area contributed by atoms with Crippen LogP contribution in [0, 0.1) is 5.92 Å². The van der Waals surface area contributed by atoms with Crippen molar-refractivity contribution in [3.8, 4) is 0 Å². The third kappa shape index (κ3) is 2.88. The number of hydrogen-bond donors (Lipinski definition) is 1. The molecule has 1 N–H and O–H groups in total. The highest BCUT2D eigenvalue weighted by Gasteiger charge is 2.75. The number of carbonyl (C=O) groups is 1. The highest BCUT2D eigenvalue weighted by Crippen LogP contribution is 2.52. The number of rotatable bonds is 3. The van der Waals surface area contributed by atoms with Crippen molar-refractivity contribution in [1.82, 2.24) is 4.90 Å². The Balaban J connectivity index is 2.25. The number of benzene rings is 1. The largest absolute Gasteiger partial charge is 0.458 e. The molecular formula is C15H18F3NO4. The molecule has 0 spiro atoms. The second-order valence-corrected chi connectivity index (χ2v) is 5.77. The Morgan fingerprint density at radius 2 is 1.87 bits per heavy atom. The number of hydrogen-bond acceptors (Lipinski definition) is 4. The maximum atomic E-state index is 15.1. The average molecular weight is 333 g/mol. The smallest absolute Gasteiger partial charge is 0.444 e. The van der Waals surface area contributed by atoms with Crippen molar-refractivity contribution in [1.29, 1.82) is 0 Å². The fourth-order valence-corrected chi connectivity index (χ4v) is 2.57. The maximum Gasteiger partial charge on any atom is 0.458 e. The lowest BCUT2D eigenvalue weighted by Crippen LogP contribution is -2.60. The lowest BCUT2D eigenvalue weighted by Gasteiger charge is -2.37. The molecule has 0 saturated carbocycles. The van der Waals surface area contributed by atoms with Gasteiger partial charge in [0, 0.05) is 5.92 Å². The summed E-state index contributed by atoms with van der Waals surface area (Å²) in [5.74, 6) is -7.20. The van der Waals surface area contributed by atoms with Crippen molar-refractivity contribution in [2.75, 3.05) is 0 Å². The van der Waals surface area contributed by atoms with E-state index >= 15 is 4.39 Å². The van der Waals surface area contributed by atoms with Gasteiger partial charge in [0.05, 0.1) is 0 Å². The molecule has 1 aromatic rings. The molecule has 0 bridgehead atoms. The van der Waals surface area contributed by atoms with E-state index in [1.54, 1.807) is 30.3 Å². The van der Waals surface area contributed by atoms with E-state index < -0.39 is 34.7 Å². The highest BCUT2D eigenvalue weighted by atomic mass is 19.3. The summed E-state index contributed by atoms with van der Waals surface area (Å²) in [6.45, 7) is 2.92. The molecule has 2 rings (SSSR count). The van der Waals surface area contributed by atoms with Gasteiger partial charge in [-0.05, 0) is 12.5 Å². The number of carbonyl (C=O) groups excluding carboxylic acids is 1. The van der Waals surface area contributed by atoms with E-state index in [0.29, 0.717) is 5.56 Å². The number of ether oxygens (including phenoxy) is 2. The second kappa shape index (κ2) is 5.68. The van der Waals surface area contributed by atoms with Gasteiger partial charge in [-0.15, -0.1) is 0 Å². The van der Waals surface area contributed by atoms with Gasteiger partial charge in [0.25, 0.3) is 5.79 Å². The highest BCUT2D eigenvalue weighted by molar-refractivity contribution is 5.69. The minimum absolute atomic E-state index is 0.317. The van der Waals surface area contributed by atoms with Crippen molar-refractivity contribution in [3.63, 3.8) is 0 Å². The van der Waals surface area contributed by atoms with E-state index in [4.69, 9.17) is 4.74 Å². The van der Waals surface area contributed by atoms with E-state index in [0.717, 1.165) is 6.92 Å². The van der Waals surface area contributed by atoms with Crippen LogP contribution < -0.4 is 0 Å². The van der Waals surface area contributed by atoms with Gasteiger partial charge in [-0.1, -0.05) is 44.2 Å². The Labute approximate surface area is 131 Å². The number of aliphatic hydroxyl groups is 1. The van der Waals surface area contributed by atoms with Gasteiger partial charge in [0.15, 0.2) is 0 Å². The van der Waals surface area contributed by atoms with Crippen LogP contribution in [0.5, 0.6) is 0 Å². The van der Waals surface area contributed by atoms with E-state index in [2.05, 4.69) is 4.74 Å². The van der Waals surface area contributed by atoms with Crippen molar-refractivity contribution in [3.05, 3.63) is 35.9 Å². The zero-order chi connectivity index (χ0) is 17.5. The molecule has 1 aliphatic heterocycles. The van der Waals surface area contributed by atoms with Crippen molar-refractivity contribution in [2.45, 2.75) is 45.2 Å². The monoisotopic (exact) mass is 333 g/mol. The minimum atomic E-state index is -4.34. The summed E-state index contributed by atoms with van der Waals surface area (Å²) in [5, 5.41) is 9.90. The van der Waals surface area contributed by atoms with Gasteiger partial charge in [0.2, 0.25) is 5.79 Å². The zero-order valence-corrected chi connectivity index (χ0v) is 12.9. The summed E-state index contributed by atoms with van der Waals surface area (Å²) in [5.41, 5.74) is 0.546. The summed E-state index contributed by atoms with van der Waals surface area (Å²) in [6.07, 6.45) is -5.95. The first-order valence-corrected chi connectivity index (χ1v) is 7.02. The van der Waals surface area contributed by atoms with E-state index in [9.17, 15) is 18.7 Å². The first-order valence-electron chi connectivity index (χ1n) is 7.02. The van der Waals surface area contributed by atoms with Gasteiger partial charge in [-0.25, -0.2) is 9.18 Å². The summed E-state index contributed by atoms with van der Waals surface area (Å²) in [6, 6.07) is 8.32. The molecule has 1 aromatic carbocycles. The Hall–Kier alpha value is -1.80. The van der Waals surface area contributed by atoms with Gasteiger partial charge in [0.1, 0.15) is 6.61 Å².